The van der Waals surface area contributed by atoms with Gasteiger partial charge in [0.15, 0.2) is 0 Å². The van der Waals surface area contributed by atoms with Crippen LogP contribution in [0.1, 0.15) is 5.56 Å². The van der Waals surface area contributed by atoms with E-state index in [0.717, 1.165) is 5.56 Å². The molecule has 2 amide bonds. The highest BCUT2D eigenvalue weighted by Gasteiger charge is 2.12. The summed E-state index contributed by atoms with van der Waals surface area (Å²) in [6.45, 7) is 0.426. The van der Waals surface area contributed by atoms with E-state index < -0.39 is 0 Å². The lowest BCUT2D eigenvalue weighted by molar-refractivity contribution is 0.252. The number of amides is 2. The minimum absolute atomic E-state index is 0.275. The Labute approximate surface area is 134 Å². The van der Waals surface area contributed by atoms with Crippen molar-refractivity contribution in [1.82, 2.24) is 5.32 Å². The first-order valence-electron chi connectivity index (χ1n) is 7.14. The first kappa shape index (κ1) is 16.6. The number of para-hydroxylation sites is 1. The molecular weight excluding hydrogens is 299 g/mol. The van der Waals surface area contributed by atoms with E-state index in [-0.39, 0.29) is 11.8 Å². The third-order valence-electron chi connectivity index (χ3n) is 3.28. The Balaban J connectivity index is 1.91. The van der Waals surface area contributed by atoms with E-state index in [2.05, 4.69) is 10.6 Å². The van der Waals surface area contributed by atoms with Gasteiger partial charge in [-0.25, -0.2) is 9.18 Å². The Hall–Kier alpha value is -2.76. The fraction of sp³-hybridized carbons (Fsp3) is 0.235. The zero-order chi connectivity index (χ0) is 16.7. The van der Waals surface area contributed by atoms with Gasteiger partial charge >= 0.3 is 6.03 Å². The van der Waals surface area contributed by atoms with Crippen LogP contribution >= 0.6 is 0 Å². The second-order valence-corrected chi connectivity index (χ2v) is 4.79. The number of rotatable bonds is 6. The van der Waals surface area contributed by atoms with Gasteiger partial charge < -0.3 is 20.1 Å². The van der Waals surface area contributed by atoms with Crippen LogP contribution in [0, 0.1) is 5.82 Å². The van der Waals surface area contributed by atoms with E-state index in [9.17, 15) is 9.18 Å². The average molecular weight is 318 g/mol. The van der Waals surface area contributed by atoms with Crippen molar-refractivity contribution in [1.29, 1.82) is 0 Å². The van der Waals surface area contributed by atoms with E-state index in [4.69, 9.17) is 9.47 Å². The van der Waals surface area contributed by atoms with Gasteiger partial charge in [-0.2, -0.15) is 0 Å². The summed E-state index contributed by atoms with van der Waals surface area (Å²) < 4.78 is 23.3. The molecular formula is C17H19FN2O3. The largest absolute Gasteiger partial charge is 0.494 e. The summed E-state index contributed by atoms with van der Waals surface area (Å²) >= 11 is 0. The molecule has 0 aliphatic carbocycles. The van der Waals surface area contributed by atoms with E-state index in [1.165, 1.54) is 26.4 Å². The van der Waals surface area contributed by atoms with Crippen LogP contribution in [0.3, 0.4) is 0 Å². The Morgan fingerprint density at radius 2 is 1.65 bits per heavy atom. The topological polar surface area (TPSA) is 59.6 Å². The number of nitrogens with one attached hydrogen (secondary N) is 2. The van der Waals surface area contributed by atoms with Gasteiger partial charge in [-0.15, -0.1) is 0 Å². The van der Waals surface area contributed by atoms with Gasteiger partial charge in [0.2, 0.25) is 0 Å². The Morgan fingerprint density at radius 1 is 1.04 bits per heavy atom. The molecule has 6 heteroatoms. The fourth-order valence-electron chi connectivity index (χ4n) is 2.10. The predicted octanol–water partition coefficient (Wildman–Crippen LogP) is 3.21. The standard InChI is InChI=1S/C17H19FN2O3/c1-22-14-4-3-5-15(23-2)16(14)20-17(21)19-11-10-12-6-8-13(18)9-7-12/h3-9H,10-11H2,1-2H3,(H2,19,20,21). The molecule has 2 aromatic carbocycles. The molecule has 0 aliphatic heterocycles. The SMILES string of the molecule is COc1cccc(OC)c1NC(=O)NCCc1ccc(F)cc1. The normalized spacial score (nSPS) is 10.0. The number of methoxy groups -OCH3 is 2. The van der Waals surface area contributed by atoms with Crippen molar-refractivity contribution in [3.63, 3.8) is 0 Å². The van der Waals surface area contributed by atoms with Crippen molar-refractivity contribution in [2.24, 2.45) is 0 Å². The molecule has 5 nitrogen and oxygen atoms in total. The van der Waals surface area contributed by atoms with Crippen LogP contribution in [-0.2, 0) is 6.42 Å². The Bertz CT molecular complexity index is 637. The zero-order valence-corrected chi connectivity index (χ0v) is 13.1. The lowest BCUT2D eigenvalue weighted by Crippen LogP contribution is -2.30. The van der Waals surface area contributed by atoms with Crippen LogP contribution in [0.4, 0.5) is 14.9 Å². The molecule has 0 aliphatic rings. The van der Waals surface area contributed by atoms with E-state index >= 15 is 0 Å². The number of carbonyl (C=O) groups excluding carboxylic acids is 1. The molecule has 0 spiro atoms. The number of halogens is 1. The zero-order valence-electron chi connectivity index (χ0n) is 13.1. The third-order valence-corrected chi connectivity index (χ3v) is 3.28. The second-order valence-electron chi connectivity index (χ2n) is 4.79. The highest BCUT2D eigenvalue weighted by Crippen LogP contribution is 2.33. The summed E-state index contributed by atoms with van der Waals surface area (Å²) in [5, 5.41) is 5.46. The van der Waals surface area contributed by atoms with Crippen LogP contribution in [-0.4, -0.2) is 26.8 Å². The molecule has 0 saturated carbocycles. The number of hydrogen-bond donors (Lipinski definition) is 2. The van der Waals surface area contributed by atoms with Crippen molar-refractivity contribution < 1.29 is 18.7 Å². The second kappa shape index (κ2) is 8.03. The van der Waals surface area contributed by atoms with Crippen LogP contribution in [0.25, 0.3) is 0 Å². The van der Waals surface area contributed by atoms with Gasteiger partial charge in [0.25, 0.3) is 0 Å². The Kier molecular flexibility index (Phi) is 5.80. The van der Waals surface area contributed by atoms with Crippen molar-refractivity contribution in [3.05, 3.63) is 53.8 Å². The molecule has 0 bridgehead atoms. The number of anilines is 1. The van der Waals surface area contributed by atoms with Crippen LogP contribution in [0.15, 0.2) is 42.5 Å². The third kappa shape index (κ3) is 4.60. The van der Waals surface area contributed by atoms with Crippen molar-refractivity contribution in [2.45, 2.75) is 6.42 Å². The molecule has 2 N–H and O–H groups in total. The highest BCUT2D eigenvalue weighted by molar-refractivity contribution is 5.92. The highest BCUT2D eigenvalue weighted by atomic mass is 19.1. The number of urea groups is 1. The molecule has 122 valence electrons. The first-order chi connectivity index (χ1) is 11.1. The van der Waals surface area contributed by atoms with Crippen LogP contribution in [0.2, 0.25) is 0 Å². The van der Waals surface area contributed by atoms with E-state index in [1.54, 1.807) is 30.3 Å². The van der Waals surface area contributed by atoms with Gasteiger partial charge in [0.1, 0.15) is 23.0 Å². The molecule has 2 aromatic rings. The molecule has 0 atom stereocenters. The van der Waals surface area contributed by atoms with Gasteiger partial charge in [0, 0.05) is 6.54 Å². The summed E-state index contributed by atoms with van der Waals surface area (Å²) in [7, 11) is 3.04. The molecule has 0 heterocycles. The molecule has 2 rings (SSSR count). The van der Waals surface area contributed by atoms with Crippen molar-refractivity contribution in [3.8, 4) is 11.5 Å². The van der Waals surface area contributed by atoms with Gasteiger partial charge in [-0.3, -0.25) is 0 Å². The number of hydrogen-bond acceptors (Lipinski definition) is 3. The molecule has 0 unspecified atom stereocenters. The Morgan fingerprint density at radius 3 is 2.22 bits per heavy atom. The summed E-state index contributed by atoms with van der Waals surface area (Å²) in [4.78, 5) is 12.0. The van der Waals surface area contributed by atoms with Crippen LogP contribution < -0.4 is 20.1 Å². The minimum Gasteiger partial charge on any atom is -0.494 e. The van der Waals surface area contributed by atoms with Crippen molar-refractivity contribution >= 4 is 11.7 Å². The lowest BCUT2D eigenvalue weighted by atomic mass is 10.1. The smallest absolute Gasteiger partial charge is 0.319 e. The summed E-state index contributed by atoms with van der Waals surface area (Å²) in [6.07, 6.45) is 0.608. The number of benzene rings is 2. The molecule has 0 fully saturated rings. The molecule has 0 radical (unpaired) electrons. The number of ether oxygens (including phenoxy) is 2. The lowest BCUT2D eigenvalue weighted by Gasteiger charge is -2.14. The predicted molar refractivity (Wildman–Crippen MR) is 86.7 cm³/mol. The van der Waals surface area contributed by atoms with Crippen LogP contribution in [0.5, 0.6) is 11.5 Å². The maximum absolute atomic E-state index is 12.8. The summed E-state index contributed by atoms with van der Waals surface area (Å²) in [6, 6.07) is 11.1. The van der Waals surface area contributed by atoms with Gasteiger partial charge in [-0.05, 0) is 36.2 Å². The monoisotopic (exact) mass is 318 g/mol. The van der Waals surface area contributed by atoms with Gasteiger partial charge in [0.05, 0.1) is 14.2 Å². The van der Waals surface area contributed by atoms with Crippen molar-refractivity contribution in [2.75, 3.05) is 26.1 Å². The summed E-state index contributed by atoms with van der Waals surface area (Å²) in [5.41, 5.74) is 1.42. The summed E-state index contributed by atoms with van der Waals surface area (Å²) in [5.74, 6) is 0.749. The first-order valence-corrected chi connectivity index (χ1v) is 7.14. The van der Waals surface area contributed by atoms with E-state index in [0.29, 0.717) is 30.2 Å². The fourth-order valence-corrected chi connectivity index (χ4v) is 2.10. The van der Waals surface area contributed by atoms with E-state index in [1.807, 2.05) is 0 Å². The van der Waals surface area contributed by atoms with Gasteiger partial charge in [-0.1, -0.05) is 18.2 Å². The molecule has 0 aromatic heterocycles. The maximum Gasteiger partial charge on any atom is 0.319 e. The molecule has 0 saturated heterocycles. The molecule has 23 heavy (non-hydrogen) atoms. The quantitative estimate of drug-likeness (QED) is 0.860. The number of carbonyl (C=O) groups is 1. The maximum atomic E-state index is 12.8. The minimum atomic E-state index is -0.366. The average Bonchev–Trinajstić information content (AvgIpc) is 2.57.